The Labute approximate surface area is 243 Å². The van der Waals surface area contributed by atoms with Gasteiger partial charge in [0.15, 0.2) is 0 Å². The summed E-state index contributed by atoms with van der Waals surface area (Å²) in [7, 11) is 0. The molecule has 1 unspecified atom stereocenters. The van der Waals surface area contributed by atoms with Crippen molar-refractivity contribution in [1.29, 1.82) is 0 Å². The number of carboxylic acids is 1. The molecule has 4 atom stereocenters. The van der Waals surface area contributed by atoms with E-state index in [4.69, 9.17) is 34.8 Å². The first kappa shape index (κ1) is 29.0. The minimum absolute atomic E-state index is 0.0463. The molecule has 3 heterocycles. The summed E-state index contributed by atoms with van der Waals surface area (Å²) in [6, 6.07) is 5.14. The summed E-state index contributed by atoms with van der Waals surface area (Å²) >= 11 is 18.5. The Morgan fingerprint density at radius 2 is 1.70 bits per heavy atom. The fraction of sp³-hybridized carbons (Fsp3) is 0.444. The Morgan fingerprint density at radius 3 is 2.27 bits per heavy atom. The zero-order valence-corrected chi connectivity index (χ0v) is 23.8. The highest BCUT2D eigenvalue weighted by molar-refractivity contribution is 6.35. The van der Waals surface area contributed by atoms with Crippen molar-refractivity contribution in [3.63, 3.8) is 0 Å². The van der Waals surface area contributed by atoms with Crippen LogP contribution in [0.3, 0.4) is 0 Å². The van der Waals surface area contributed by atoms with Crippen LogP contribution in [0.5, 0.6) is 0 Å². The van der Waals surface area contributed by atoms with E-state index in [2.05, 4.69) is 5.32 Å². The molecule has 0 bridgehead atoms. The van der Waals surface area contributed by atoms with Crippen LogP contribution in [0.15, 0.2) is 30.3 Å². The standard InChI is InChI=1S/C27H25Cl3F3N3O4/c1-25(2,3)10-35(15-5-12(28)4-13(29)6-15)22(37)19-18-9-26(32,33)11-36(18)27(20(19)23(38)39)16-7-14(30)8-17(31)21(16)34-24(27)40/h4-8,18-20H,9-11H2,1-3H3,(H,34,40)(H,38,39)/t18-,19?,20-,27+/m0/s1. The third-order valence-corrected chi connectivity index (χ3v) is 8.30. The Hall–Kier alpha value is -2.53. The van der Waals surface area contributed by atoms with Crippen LogP contribution in [0.1, 0.15) is 32.8 Å². The normalized spacial score (nSPS) is 27.0. The van der Waals surface area contributed by atoms with Crippen LogP contribution in [0, 0.1) is 23.1 Å². The first-order valence-electron chi connectivity index (χ1n) is 12.4. The fourth-order valence-electron chi connectivity index (χ4n) is 6.43. The molecule has 0 aliphatic carbocycles. The van der Waals surface area contributed by atoms with Gasteiger partial charge in [-0.3, -0.25) is 19.3 Å². The molecule has 0 saturated carbocycles. The fourth-order valence-corrected chi connectivity index (χ4v) is 7.15. The van der Waals surface area contributed by atoms with Crippen molar-refractivity contribution < 1.29 is 32.7 Å². The number of hydrogen-bond acceptors (Lipinski definition) is 4. The summed E-state index contributed by atoms with van der Waals surface area (Å²) in [6.45, 7) is 4.56. The molecule has 1 spiro atoms. The Balaban J connectivity index is 1.74. The summed E-state index contributed by atoms with van der Waals surface area (Å²) in [5.41, 5.74) is -3.15. The number of alkyl halides is 2. The number of carbonyl (C=O) groups excluding carboxylic acids is 2. The van der Waals surface area contributed by atoms with Gasteiger partial charge in [-0.05, 0) is 35.7 Å². The molecule has 2 amide bonds. The lowest BCUT2D eigenvalue weighted by molar-refractivity contribution is -0.153. The number of hydrogen-bond donors (Lipinski definition) is 2. The predicted molar refractivity (Wildman–Crippen MR) is 145 cm³/mol. The van der Waals surface area contributed by atoms with E-state index in [1.165, 1.54) is 29.2 Å². The van der Waals surface area contributed by atoms with E-state index < -0.39 is 71.3 Å². The van der Waals surface area contributed by atoms with E-state index >= 15 is 8.78 Å². The van der Waals surface area contributed by atoms with Gasteiger partial charge in [0.05, 0.1) is 18.2 Å². The molecular weight excluding hydrogens is 594 g/mol. The van der Waals surface area contributed by atoms with E-state index in [0.717, 1.165) is 11.0 Å². The monoisotopic (exact) mass is 617 g/mol. The molecule has 2 fully saturated rings. The Bertz CT molecular complexity index is 1430. The lowest BCUT2D eigenvalue weighted by Crippen LogP contribution is -2.54. The van der Waals surface area contributed by atoms with Crippen LogP contribution in [-0.2, 0) is 19.9 Å². The SMILES string of the molecule is CC(C)(C)CN(C(=O)C1[C@@H](C(=O)O)[C@]2(C(=O)Nc3c(F)cc(Cl)cc32)N2CC(F)(F)C[C@@H]12)c1cc(Cl)cc(Cl)c1. The highest BCUT2D eigenvalue weighted by Gasteiger charge is 2.75. The van der Waals surface area contributed by atoms with Gasteiger partial charge in [-0.15, -0.1) is 0 Å². The number of nitrogens with one attached hydrogen (secondary N) is 1. The van der Waals surface area contributed by atoms with Gasteiger partial charge in [0, 0.05) is 45.3 Å². The number of nitrogens with zero attached hydrogens (tertiary/aromatic N) is 2. The Kier molecular flexibility index (Phi) is 6.89. The van der Waals surface area contributed by atoms with Crippen molar-refractivity contribution in [3.8, 4) is 0 Å². The molecule has 2 N–H and O–H groups in total. The second kappa shape index (κ2) is 9.51. The van der Waals surface area contributed by atoms with Crippen molar-refractivity contribution >= 4 is 64.0 Å². The van der Waals surface area contributed by atoms with Gasteiger partial charge < -0.3 is 15.3 Å². The highest BCUT2D eigenvalue weighted by Crippen LogP contribution is 2.60. The molecule has 5 rings (SSSR count). The smallest absolute Gasteiger partial charge is 0.310 e. The zero-order valence-electron chi connectivity index (χ0n) is 21.6. The van der Waals surface area contributed by atoms with E-state index in [1.807, 2.05) is 20.8 Å². The lowest BCUT2D eigenvalue weighted by Gasteiger charge is -2.36. The van der Waals surface area contributed by atoms with E-state index in [0.29, 0.717) is 0 Å². The number of benzene rings is 2. The summed E-state index contributed by atoms with van der Waals surface area (Å²) in [4.78, 5) is 43.5. The maximum Gasteiger partial charge on any atom is 0.310 e. The average molecular weight is 619 g/mol. The predicted octanol–water partition coefficient (Wildman–Crippen LogP) is 6.05. The number of amides is 2. The molecule has 3 aliphatic heterocycles. The molecule has 13 heteroatoms. The highest BCUT2D eigenvalue weighted by atomic mass is 35.5. The molecule has 2 aromatic carbocycles. The van der Waals surface area contributed by atoms with Crippen LogP contribution in [0.2, 0.25) is 15.1 Å². The van der Waals surface area contributed by atoms with E-state index in [9.17, 15) is 23.9 Å². The van der Waals surface area contributed by atoms with Crippen molar-refractivity contribution in [3.05, 3.63) is 56.8 Å². The van der Waals surface area contributed by atoms with Gasteiger partial charge >= 0.3 is 5.97 Å². The second-order valence-electron chi connectivity index (χ2n) is 11.7. The maximum absolute atomic E-state index is 15.0. The first-order valence-corrected chi connectivity index (χ1v) is 13.6. The lowest BCUT2D eigenvalue weighted by atomic mass is 9.73. The van der Waals surface area contributed by atoms with Gasteiger partial charge in [0.2, 0.25) is 5.91 Å². The van der Waals surface area contributed by atoms with Crippen LogP contribution in [0.25, 0.3) is 0 Å². The summed E-state index contributed by atoms with van der Waals surface area (Å²) in [5.74, 6) is -11.1. The second-order valence-corrected chi connectivity index (χ2v) is 13.0. The first-order chi connectivity index (χ1) is 18.5. The molecule has 2 saturated heterocycles. The quantitative estimate of drug-likeness (QED) is 0.435. The minimum atomic E-state index is -3.35. The third kappa shape index (κ3) is 4.53. The molecule has 214 valence electrons. The molecular formula is C27H25Cl3F3N3O4. The van der Waals surface area contributed by atoms with Gasteiger partial charge in [-0.1, -0.05) is 55.6 Å². The van der Waals surface area contributed by atoms with Crippen molar-refractivity contribution in [1.82, 2.24) is 4.90 Å². The van der Waals surface area contributed by atoms with Gasteiger partial charge in [-0.2, -0.15) is 0 Å². The number of carbonyl (C=O) groups is 3. The Morgan fingerprint density at radius 1 is 1.10 bits per heavy atom. The third-order valence-electron chi connectivity index (χ3n) is 7.65. The zero-order chi connectivity index (χ0) is 29.5. The number of fused-ring (bicyclic) bond motifs is 4. The molecule has 0 radical (unpaired) electrons. The molecule has 7 nitrogen and oxygen atoms in total. The topological polar surface area (TPSA) is 90.0 Å². The molecule has 2 aromatic rings. The summed E-state index contributed by atoms with van der Waals surface area (Å²) < 4.78 is 45.0. The number of anilines is 2. The van der Waals surface area contributed by atoms with Crippen molar-refractivity contribution in [2.24, 2.45) is 17.3 Å². The summed E-state index contributed by atoms with van der Waals surface area (Å²) in [5, 5.41) is 13.2. The van der Waals surface area contributed by atoms with Gasteiger partial charge in [0.1, 0.15) is 17.3 Å². The van der Waals surface area contributed by atoms with Crippen molar-refractivity contribution in [2.45, 2.75) is 44.7 Å². The number of halogens is 6. The van der Waals surface area contributed by atoms with Crippen LogP contribution in [0.4, 0.5) is 24.5 Å². The minimum Gasteiger partial charge on any atom is -0.481 e. The number of carboxylic acid groups (broad SMARTS) is 1. The molecule has 3 aliphatic rings. The average Bonchev–Trinajstić information content (AvgIpc) is 3.37. The number of aliphatic carboxylic acids is 1. The maximum atomic E-state index is 15.0. The van der Waals surface area contributed by atoms with Gasteiger partial charge in [0.25, 0.3) is 11.8 Å². The number of rotatable bonds is 4. The molecule has 0 aromatic heterocycles. The van der Waals surface area contributed by atoms with Crippen LogP contribution >= 0.6 is 34.8 Å². The van der Waals surface area contributed by atoms with E-state index in [1.54, 1.807) is 0 Å². The van der Waals surface area contributed by atoms with Gasteiger partial charge in [-0.25, -0.2) is 13.2 Å². The van der Waals surface area contributed by atoms with Crippen LogP contribution in [-0.4, -0.2) is 52.8 Å². The van der Waals surface area contributed by atoms with Crippen molar-refractivity contribution in [2.75, 3.05) is 23.3 Å². The largest absolute Gasteiger partial charge is 0.481 e. The molecule has 40 heavy (non-hydrogen) atoms. The van der Waals surface area contributed by atoms with E-state index in [-0.39, 0.29) is 38.6 Å². The van der Waals surface area contributed by atoms with Crippen LogP contribution < -0.4 is 10.2 Å². The summed E-state index contributed by atoms with van der Waals surface area (Å²) in [6.07, 6.45) is -0.875.